The van der Waals surface area contributed by atoms with E-state index in [1.807, 2.05) is 24.3 Å². The topological polar surface area (TPSA) is 63.3 Å². The molecule has 1 aromatic carbocycles. The van der Waals surface area contributed by atoms with E-state index >= 15 is 0 Å². The smallest absolute Gasteiger partial charge is 0.320 e. The van der Waals surface area contributed by atoms with Gasteiger partial charge in [0.25, 0.3) is 0 Å². The Morgan fingerprint density at radius 3 is 2.85 bits per heavy atom. The highest BCUT2D eigenvalue weighted by atomic mass is 127. The maximum Gasteiger partial charge on any atom is 0.320 e. The monoisotopic (exact) mass is 291 g/mol. The highest BCUT2D eigenvalue weighted by Crippen LogP contribution is 2.09. The van der Waals surface area contributed by atoms with Crippen molar-refractivity contribution in [2.24, 2.45) is 5.73 Å². The number of carboxylic acids is 1. The summed E-state index contributed by atoms with van der Waals surface area (Å²) in [6.07, 6.45) is 0.381. The molecule has 0 saturated carbocycles. The fraction of sp³-hybridized carbons (Fsp3) is 0.222. The Balaban J connectivity index is 2.69. The second-order valence-electron chi connectivity index (χ2n) is 2.78. The third-order valence-corrected chi connectivity index (χ3v) is 2.33. The van der Waals surface area contributed by atoms with E-state index in [1.54, 1.807) is 0 Å². The number of hydrogen-bond donors (Lipinski definition) is 2. The van der Waals surface area contributed by atoms with Crippen molar-refractivity contribution in [2.75, 3.05) is 0 Å². The van der Waals surface area contributed by atoms with Crippen molar-refractivity contribution in [3.8, 4) is 0 Å². The zero-order valence-electron chi connectivity index (χ0n) is 6.90. The van der Waals surface area contributed by atoms with Gasteiger partial charge in [-0.15, -0.1) is 0 Å². The minimum atomic E-state index is -0.959. The molecule has 13 heavy (non-hydrogen) atoms. The molecule has 4 heteroatoms. The minimum absolute atomic E-state index is 0.381. The zero-order valence-corrected chi connectivity index (χ0v) is 9.06. The number of aliphatic carboxylic acids is 1. The van der Waals surface area contributed by atoms with Crippen LogP contribution in [0.5, 0.6) is 0 Å². The highest BCUT2D eigenvalue weighted by Gasteiger charge is 2.11. The summed E-state index contributed by atoms with van der Waals surface area (Å²) in [4.78, 5) is 10.5. The predicted molar refractivity (Wildman–Crippen MR) is 58.5 cm³/mol. The molecule has 70 valence electrons. The predicted octanol–water partition coefficient (Wildman–Crippen LogP) is 1.25. The van der Waals surface area contributed by atoms with Crippen LogP contribution in [-0.4, -0.2) is 17.1 Å². The lowest BCUT2D eigenvalue weighted by atomic mass is 10.1. The maximum atomic E-state index is 10.5. The van der Waals surface area contributed by atoms with E-state index < -0.39 is 12.0 Å². The molecule has 0 radical (unpaired) electrons. The van der Waals surface area contributed by atoms with E-state index in [0.29, 0.717) is 6.42 Å². The molecular weight excluding hydrogens is 281 g/mol. The fourth-order valence-electron chi connectivity index (χ4n) is 1.01. The molecule has 1 aromatic rings. The second-order valence-corrected chi connectivity index (χ2v) is 4.02. The number of benzene rings is 1. The van der Waals surface area contributed by atoms with Gasteiger partial charge in [0.2, 0.25) is 0 Å². The second kappa shape index (κ2) is 4.57. The Labute approximate surface area is 90.1 Å². The Bertz CT molecular complexity index is 314. The van der Waals surface area contributed by atoms with Gasteiger partial charge in [0.15, 0.2) is 0 Å². The average molecular weight is 291 g/mol. The lowest BCUT2D eigenvalue weighted by Crippen LogP contribution is -2.32. The third kappa shape index (κ3) is 3.31. The molecule has 3 N–H and O–H groups in total. The first-order valence-electron chi connectivity index (χ1n) is 3.82. The Morgan fingerprint density at radius 1 is 1.62 bits per heavy atom. The molecule has 0 unspecified atom stereocenters. The largest absolute Gasteiger partial charge is 0.480 e. The molecule has 0 aliphatic rings. The van der Waals surface area contributed by atoms with Crippen molar-refractivity contribution in [1.82, 2.24) is 0 Å². The Hall–Kier alpha value is -0.620. The van der Waals surface area contributed by atoms with Crippen molar-refractivity contribution >= 4 is 28.6 Å². The summed E-state index contributed by atoms with van der Waals surface area (Å²) in [5.41, 5.74) is 6.36. The van der Waals surface area contributed by atoms with E-state index in [1.165, 1.54) is 0 Å². The van der Waals surface area contributed by atoms with Crippen molar-refractivity contribution in [1.29, 1.82) is 0 Å². The summed E-state index contributed by atoms with van der Waals surface area (Å²) in [7, 11) is 0. The van der Waals surface area contributed by atoms with Crippen LogP contribution in [0, 0.1) is 3.57 Å². The maximum absolute atomic E-state index is 10.5. The first-order chi connectivity index (χ1) is 6.09. The highest BCUT2D eigenvalue weighted by molar-refractivity contribution is 14.1. The molecule has 1 rings (SSSR count). The molecule has 0 fully saturated rings. The van der Waals surface area contributed by atoms with E-state index in [-0.39, 0.29) is 0 Å². The van der Waals surface area contributed by atoms with E-state index in [9.17, 15) is 4.79 Å². The number of carbonyl (C=O) groups is 1. The molecule has 0 aliphatic heterocycles. The van der Waals surface area contributed by atoms with Gasteiger partial charge >= 0.3 is 5.97 Å². The van der Waals surface area contributed by atoms with E-state index in [4.69, 9.17) is 10.8 Å². The van der Waals surface area contributed by atoms with Crippen molar-refractivity contribution in [3.63, 3.8) is 0 Å². The SMILES string of the molecule is N[C@@H](Cc1cccc(I)c1)C(=O)O. The summed E-state index contributed by atoms with van der Waals surface area (Å²) < 4.78 is 1.09. The fourth-order valence-corrected chi connectivity index (χ4v) is 1.61. The van der Waals surface area contributed by atoms with Crippen LogP contribution in [-0.2, 0) is 11.2 Å². The van der Waals surface area contributed by atoms with Crippen LogP contribution in [0.15, 0.2) is 24.3 Å². The van der Waals surface area contributed by atoms with Crippen LogP contribution in [0.25, 0.3) is 0 Å². The van der Waals surface area contributed by atoms with Gasteiger partial charge in [-0.1, -0.05) is 12.1 Å². The minimum Gasteiger partial charge on any atom is -0.480 e. The average Bonchev–Trinajstić information content (AvgIpc) is 2.04. The van der Waals surface area contributed by atoms with Crippen molar-refractivity contribution < 1.29 is 9.90 Å². The van der Waals surface area contributed by atoms with Crippen LogP contribution in [0.4, 0.5) is 0 Å². The molecule has 0 bridgehead atoms. The summed E-state index contributed by atoms with van der Waals surface area (Å²) in [6, 6.07) is 6.86. The van der Waals surface area contributed by atoms with Crippen LogP contribution in [0.1, 0.15) is 5.56 Å². The third-order valence-electron chi connectivity index (χ3n) is 1.66. The van der Waals surface area contributed by atoms with Gasteiger partial charge in [-0.3, -0.25) is 4.79 Å². The first-order valence-corrected chi connectivity index (χ1v) is 4.90. The van der Waals surface area contributed by atoms with Gasteiger partial charge in [-0.25, -0.2) is 0 Å². The molecule has 0 amide bonds. The summed E-state index contributed by atoms with van der Waals surface area (Å²) in [5.74, 6) is -0.959. The van der Waals surface area contributed by atoms with Gasteiger partial charge in [-0.2, -0.15) is 0 Å². The number of hydrogen-bond acceptors (Lipinski definition) is 2. The van der Waals surface area contributed by atoms with E-state index in [0.717, 1.165) is 9.13 Å². The molecule has 0 spiro atoms. The Kier molecular flexibility index (Phi) is 3.68. The summed E-state index contributed by atoms with van der Waals surface area (Å²) in [6.45, 7) is 0. The first kappa shape index (κ1) is 10.5. The van der Waals surface area contributed by atoms with Gasteiger partial charge in [-0.05, 0) is 46.7 Å². The number of halogens is 1. The van der Waals surface area contributed by atoms with Crippen LogP contribution < -0.4 is 5.73 Å². The molecular formula is C9H10INO2. The quantitative estimate of drug-likeness (QED) is 0.824. The summed E-state index contributed by atoms with van der Waals surface area (Å²) >= 11 is 2.18. The molecule has 0 aliphatic carbocycles. The zero-order chi connectivity index (χ0) is 9.84. The van der Waals surface area contributed by atoms with Crippen molar-refractivity contribution in [2.45, 2.75) is 12.5 Å². The van der Waals surface area contributed by atoms with Gasteiger partial charge in [0, 0.05) is 3.57 Å². The number of nitrogens with two attached hydrogens (primary N) is 1. The van der Waals surface area contributed by atoms with Gasteiger partial charge < -0.3 is 10.8 Å². The standard InChI is InChI=1S/C9H10INO2/c10-7-3-1-2-6(4-7)5-8(11)9(12)13/h1-4,8H,5,11H2,(H,12,13)/t8-/m0/s1. The molecule has 0 saturated heterocycles. The van der Waals surface area contributed by atoms with Crippen molar-refractivity contribution in [3.05, 3.63) is 33.4 Å². The lowest BCUT2D eigenvalue weighted by molar-refractivity contribution is -0.138. The van der Waals surface area contributed by atoms with Crippen LogP contribution in [0.2, 0.25) is 0 Å². The number of rotatable bonds is 3. The van der Waals surface area contributed by atoms with Gasteiger partial charge in [0.05, 0.1) is 0 Å². The molecule has 1 atom stereocenters. The molecule has 0 heterocycles. The Morgan fingerprint density at radius 2 is 2.31 bits per heavy atom. The van der Waals surface area contributed by atoms with E-state index in [2.05, 4.69) is 22.6 Å². The molecule has 3 nitrogen and oxygen atoms in total. The summed E-state index contributed by atoms with van der Waals surface area (Å²) in [5, 5.41) is 8.59. The van der Waals surface area contributed by atoms with Crippen LogP contribution in [0.3, 0.4) is 0 Å². The van der Waals surface area contributed by atoms with Crippen LogP contribution >= 0.6 is 22.6 Å². The number of carboxylic acid groups (broad SMARTS) is 1. The normalized spacial score (nSPS) is 12.5. The lowest BCUT2D eigenvalue weighted by Gasteiger charge is -2.05. The van der Waals surface area contributed by atoms with Gasteiger partial charge in [0.1, 0.15) is 6.04 Å². The molecule has 0 aromatic heterocycles.